The van der Waals surface area contributed by atoms with Crippen molar-refractivity contribution >= 4 is 34.1 Å². The van der Waals surface area contributed by atoms with Gasteiger partial charge in [0.1, 0.15) is 5.00 Å². The first-order valence-electron chi connectivity index (χ1n) is 9.12. The quantitative estimate of drug-likeness (QED) is 0.729. The lowest BCUT2D eigenvalue weighted by molar-refractivity contribution is -0.147. The van der Waals surface area contributed by atoms with Crippen LogP contribution in [0.1, 0.15) is 48.9 Å². The SMILES string of the molecule is O=C(NC1CCCC1)c1ccsc1NC(=O)[C@H]1[C@@H](C(=O)O)[C@H]2CC[C@H]1O2. The Morgan fingerprint density at radius 1 is 1.08 bits per heavy atom. The summed E-state index contributed by atoms with van der Waals surface area (Å²) in [6.45, 7) is 0. The second kappa shape index (κ2) is 7.00. The van der Waals surface area contributed by atoms with E-state index in [-0.39, 0.29) is 30.1 Å². The summed E-state index contributed by atoms with van der Waals surface area (Å²) in [6, 6.07) is 1.89. The number of ether oxygens (including phenoxy) is 1. The van der Waals surface area contributed by atoms with Gasteiger partial charge in [-0.1, -0.05) is 12.8 Å². The molecule has 2 aliphatic heterocycles. The predicted octanol–water partition coefficient (Wildman–Crippen LogP) is 2.24. The molecule has 8 heteroatoms. The third-order valence-corrected chi connectivity index (χ3v) is 6.53. The van der Waals surface area contributed by atoms with Crippen molar-refractivity contribution in [1.29, 1.82) is 0 Å². The van der Waals surface area contributed by atoms with Gasteiger partial charge < -0.3 is 20.5 Å². The number of amides is 2. The summed E-state index contributed by atoms with van der Waals surface area (Å²) in [5, 5.41) is 17.5. The van der Waals surface area contributed by atoms with E-state index in [1.807, 2.05) is 0 Å². The smallest absolute Gasteiger partial charge is 0.310 e. The fourth-order valence-corrected chi connectivity index (χ4v) is 5.23. The molecular formula is C18H22N2O5S. The van der Waals surface area contributed by atoms with Crippen molar-refractivity contribution in [3.63, 3.8) is 0 Å². The molecule has 1 aromatic rings. The van der Waals surface area contributed by atoms with Gasteiger partial charge in [0.05, 0.1) is 29.6 Å². The van der Waals surface area contributed by atoms with Crippen LogP contribution in [-0.2, 0) is 14.3 Å². The number of carboxylic acids is 1. The summed E-state index contributed by atoms with van der Waals surface area (Å²) in [5.41, 5.74) is 0.436. The predicted molar refractivity (Wildman–Crippen MR) is 95.2 cm³/mol. The zero-order chi connectivity index (χ0) is 18.3. The summed E-state index contributed by atoms with van der Waals surface area (Å²) in [7, 11) is 0. The van der Waals surface area contributed by atoms with Crippen molar-refractivity contribution < 1.29 is 24.2 Å². The molecule has 0 radical (unpaired) electrons. The average molecular weight is 378 g/mol. The second-order valence-electron chi connectivity index (χ2n) is 7.29. The van der Waals surface area contributed by atoms with Gasteiger partial charge in [0.25, 0.3) is 5.91 Å². The summed E-state index contributed by atoms with van der Waals surface area (Å²) in [6.07, 6.45) is 4.86. The number of hydrogen-bond donors (Lipinski definition) is 3. The molecule has 1 aliphatic carbocycles. The van der Waals surface area contributed by atoms with Crippen LogP contribution in [0.15, 0.2) is 11.4 Å². The van der Waals surface area contributed by atoms with Crippen molar-refractivity contribution in [2.45, 2.75) is 56.8 Å². The topological polar surface area (TPSA) is 105 Å². The van der Waals surface area contributed by atoms with E-state index in [1.165, 1.54) is 11.3 Å². The van der Waals surface area contributed by atoms with Crippen LogP contribution in [0.25, 0.3) is 0 Å². The van der Waals surface area contributed by atoms with Gasteiger partial charge in [-0.3, -0.25) is 14.4 Å². The van der Waals surface area contributed by atoms with Crippen LogP contribution in [-0.4, -0.2) is 41.1 Å². The average Bonchev–Trinajstić information content (AvgIpc) is 3.37. The normalized spacial score (nSPS) is 30.5. The lowest BCUT2D eigenvalue weighted by Gasteiger charge is -2.23. The molecule has 1 saturated carbocycles. The van der Waals surface area contributed by atoms with Crippen molar-refractivity contribution in [1.82, 2.24) is 5.32 Å². The molecule has 2 saturated heterocycles. The Kier molecular flexibility index (Phi) is 4.71. The highest BCUT2D eigenvalue weighted by Crippen LogP contribution is 2.44. The highest BCUT2D eigenvalue weighted by Gasteiger charge is 2.55. The van der Waals surface area contributed by atoms with Crippen molar-refractivity contribution in [3.05, 3.63) is 17.0 Å². The Hall–Kier alpha value is -1.93. The molecule has 140 valence electrons. The number of thiophene rings is 1. The van der Waals surface area contributed by atoms with Gasteiger partial charge in [0, 0.05) is 6.04 Å². The van der Waals surface area contributed by atoms with Crippen LogP contribution < -0.4 is 10.6 Å². The largest absolute Gasteiger partial charge is 0.481 e. The van der Waals surface area contributed by atoms with Gasteiger partial charge in [-0.05, 0) is 37.1 Å². The van der Waals surface area contributed by atoms with Crippen LogP contribution in [0.5, 0.6) is 0 Å². The Morgan fingerprint density at radius 2 is 1.77 bits per heavy atom. The number of hydrogen-bond acceptors (Lipinski definition) is 5. The molecule has 3 heterocycles. The molecule has 3 fully saturated rings. The summed E-state index contributed by atoms with van der Waals surface area (Å²) in [5.74, 6) is -3.08. The van der Waals surface area contributed by atoms with Gasteiger partial charge in [-0.15, -0.1) is 11.3 Å². The van der Waals surface area contributed by atoms with Crippen LogP contribution >= 0.6 is 11.3 Å². The Balaban J connectivity index is 1.46. The van der Waals surface area contributed by atoms with Crippen molar-refractivity contribution in [2.24, 2.45) is 11.8 Å². The minimum Gasteiger partial charge on any atom is -0.481 e. The molecule has 4 atom stereocenters. The Morgan fingerprint density at radius 3 is 2.46 bits per heavy atom. The van der Waals surface area contributed by atoms with Gasteiger partial charge in [0.15, 0.2) is 0 Å². The maximum absolute atomic E-state index is 12.8. The van der Waals surface area contributed by atoms with Gasteiger partial charge in [0.2, 0.25) is 5.91 Å². The fourth-order valence-electron chi connectivity index (χ4n) is 4.44. The summed E-state index contributed by atoms with van der Waals surface area (Å²) >= 11 is 1.27. The van der Waals surface area contributed by atoms with Crippen LogP contribution in [0, 0.1) is 11.8 Å². The van der Waals surface area contributed by atoms with E-state index in [0.717, 1.165) is 25.7 Å². The number of fused-ring (bicyclic) bond motifs is 2. The molecule has 2 bridgehead atoms. The number of carbonyl (C=O) groups is 3. The molecule has 1 aromatic heterocycles. The first kappa shape index (κ1) is 17.5. The number of carboxylic acid groups (broad SMARTS) is 1. The van der Waals surface area contributed by atoms with Crippen molar-refractivity contribution in [3.8, 4) is 0 Å². The molecule has 0 unspecified atom stereocenters. The van der Waals surface area contributed by atoms with Gasteiger partial charge >= 0.3 is 5.97 Å². The van der Waals surface area contributed by atoms with E-state index >= 15 is 0 Å². The van der Waals surface area contributed by atoms with Crippen LogP contribution in [0.3, 0.4) is 0 Å². The number of rotatable bonds is 5. The number of aliphatic carboxylic acids is 1. The maximum atomic E-state index is 12.8. The molecule has 0 aromatic carbocycles. The van der Waals surface area contributed by atoms with E-state index in [2.05, 4.69) is 10.6 Å². The maximum Gasteiger partial charge on any atom is 0.310 e. The van der Waals surface area contributed by atoms with E-state index in [9.17, 15) is 19.5 Å². The molecule has 3 aliphatic rings. The highest BCUT2D eigenvalue weighted by atomic mass is 32.1. The summed E-state index contributed by atoms with van der Waals surface area (Å²) < 4.78 is 5.65. The number of anilines is 1. The lowest BCUT2D eigenvalue weighted by atomic mass is 9.79. The van der Waals surface area contributed by atoms with Gasteiger partial charge in [-0.25, -0.2) is 0 Å². The van der Waals surface area contributed by atoms with Crippen molar-refractivity contribution in [2.75, 3.05) is 5.32 Å². The Bertz CT molecular complexity index is 727. The molecule has 26 heavy (non-hydrogen) atoms. The number of nitrogens with one attached hydrogen (secondary N) is 2. The zero-order valence-corrected chi connectivity index (χ0v) is 15.1. The Labute approximate surface area is 155 Å². The monoisotopic (exact) mass is 378 g/mol. The lowest BCUT2D eigenvalue weighted by Crippen LogP contribution is -2.41. The standard InChI is InChI=1S/C18H22N2O5S/c21-15(19-9-3-1-2-4-9)10-7-8-26-17(10)20-16(22)13-11-5-6-12(25-11)14(13)18(23)24/h7-9,11-14H,1-6H2,(H,19,21)(H,20,22)(H,23,24)/t11-,12-,13-,14+/m1/s1. The zero-order valence-electron chi connectivity index (χ0n) is 14.3. The molecule has 7 nitrogen and oxygen atoms in total. The molecule has 3 N–H and O–H groups in total. The minimum atomic E-state index is -0.997. The first-order valence-corrected chi connectivity index (χ1v) is 10.00. The van der Waals surface area contributed by atoms with E-state index in [1.54, 1.807) is 11.4 Å². The van der Waals surface area contributed by atoms with E-state index in [4.69, 9.17) is 4.74 Å². The van der Waals surface area contributed by atoms with E-state index in [0.29, 0.717) is 23.4 Å². The minimum absolute atomic E-state index is 0.188. The fraction of sp³-hybridized carbons (Fsp3) is 0.611. The first-order chi connectivity index (χ1) is 12.5. The third kappa shape index (κ3) is 3.12. The second-order valence-corrected chi connectivity index (χ2v) is 8.20. The van der Waals surface area contributed by atoms with Crippen LogP contribution in [0.4, 0.5) is 5.00 Å². The molecular weight excluding hydrogens is 356 g/mol. The highest BCUT2D eigenvalue weighted by molar-refractivity contribution is 7.14. The molecule has 2 amide bonds. The molecule has 0 spiro atoms. The van der Waals surface area contributed by atoms with E-state index < -0.39 is 17.8 Å². The van der Waals surface area contributed by atoms with Gasteiger partial charge in [-0.2, -0.15) is 0 Å². The number of carbonyl (C=O) groups excluding carboxylic acids is 2. The van der Waals surface area contributed by atoms with Crippen LogP contribution in [0.2, 0.25) is 0 Å². The summed E-state index contributed by atoms with van der Waals surface area (Å²) in [4.78, 5) is 36.8. The third-order valence-electron chi connectivity index (χ3n) is 5.70. The molecule has 4 rings (SSSR count).